The summed E-state index contributed by atoms with van der Waals surface area (Å²) in [6, 6.07) is 4.99. The lowest BCUT2D eigenvalue weighted by Crippen LogP contribution is -2.38. The molecule has 2 unspecified atom stereocenters. The van der Waals surface area contributed by atoms with Crippen LogP contribution in [-0.4, -0.2) is 19.3 Å². The smallest absolute Gasteiger partial charge is 0.380 e. The lowest BCUT2D eigenvalue weighted by atomic mass is 9.98. The Balaban J connectivity index is 2.76. The molecule has 0 aromatic heterocycles. The van der Waals surface area contributed by atoms with Crippen molar-refractivity contribution in [3.05, 3.63) is 35.4 Å². The van der Waals surface area contributed by atoms with E-state index in [0.29, 0.717) is 12.0 Å². The second-order valence-corrected chi connectivity index (χ2v) is 4.63. The topological polar surface area (TPSA) is 35.2 Å². The van der Waals surface area contributed by atoms with Gasteiger partial charge in [0.25, 0.3) is 0 Å². The molecule has 0 aliphatic heterocycles. The van der Waals surface area contributed by atoms with Crippen molar-refractivity contribution in [1.82, 2.24) is 0 Å². The fourth-order valence-electron chi connectivity index (χ4n) is 2.07. The Morgan fingerprint density at radius 2 is 2.00 bits per heavy atom. The van der Waals surface area contributed by atoms with Crippen molar-refractivity contribution in [1.29, 1.82) is 0 Å². The molecule has 2 nitrogen and oxygen atoms in total. The zero-order chi connectivity index (χ0) is 14.5. The lowest BCUT2D eigenvalue weighted by Gasteiger charge is -2.22. The molecule has 0 heterocycles. The number of alkyl halides is 3. The fraction of sp³-hybridized carbons (Fsp3) is 0.571. The van der Waals surface area contributed by atoms with Crippen LogP contribution < -0.4 is 5.73 Å². The molecule has 1 aromatic rings. The predicted octanol–water partition coefficient (Wildman–Crippen LogP) is 3.39. The first kappa shape index (κ1) is 16.0. The zero-order valence-electron chi connectivity index (χ0n) is 11.2. The summed E-state index contributed by atoms with van der Waals surface area (Å²) in [5.41, 5.74) is 5.95. The molecule has 19 heavy (non-hydrogen) atoms. The Kier molecular flexibility index (Phi) is 5.82. The summed E-state index contributed by atoms with van der Waals surface area (Å²) in [4.78, 5) is 0. The standard InChI is InChI=1S/C14H20F3NO/c1-3-5-13(19-2)12(18)9-10-6-4-7-11(8-10)14(15,16)17/h4,6-8,12-13H,3,5,9,18H2,1-2H3. The van der Waals surface area contributed by atoms with Crippen molar-refractivity contribution in [3.8, 4) is 0 Å². The molecule has 5 heteroatoms. The predicted molar refractivity (Wildman–Crippen MR) is 68.8 cm³/mol. The van der Waals surface area contributed by atoms with E-state index in [1.807, 2.05) is 6.92 Å². The average molecular weight is 275 g/mol. The van der Waals surface area contributed by atoms with E-state index < -0.39 is 11.7 Å². The van der Waals surface area contributed by atoms with Gasteiger partial charge in [0.15, 0.2) is 0 Å². The van der Waals surface area contributed by atoms with Gasteiger partial charge in [-0.25, -0.2) is 0 Å². The van der Waals surface area contributed by atoms with Gasteiger partial charge in [-0.2, -0.15) is 13.2 Å². The number of hydrogen-bond donors (Lipinski definition) is 1. The van der Waals surface area contributed by atoms with Crippen LogP contribution in [0.3, 0.4) is 0 Å². The molecule has 0 radical (unpaired) electrons. The Labute approximate surface area is 111 Å². The highest BCUT2D eigenvalue weighted by Crippen LogP contribution is 2.29. The number of rotatable bonds is 6. The Morgan fingerprint density at radius 3 is 2.53 bits per heavy atom. The maximum Gasteiger partial charge on any atom is 0.416 e. The third kappa shape index (κ3) is 4.84. The molecule has 2 atom stereocenters. The molecule has 0 fully saturated rings. The first-order valence-electron chi connectivity index (χ1n) is 6.33. The Hall–Kier alpha value is -1.07. The number of benzene rings is 1. The fourth-order valence-corrected chi connectivity index (χ4v) is 2.07. The van der Waals surface area contributed by atoms with Crippen LogP contribution in [-0.2, 0) is 17.3 Å². The molecule has 1 rings (SSSR count). The summed E-state index contributed by atoms with van der Waals surface area (Å²) in [7, 11) is 1.58. The van der Waals surface area contributed by atoms with E-state index >= 15 is 0 Å². The molecular weight excluding hydrogens is 255 g/mol. The molecule has 2 N–H and O–H groups in total. The second kappa shape index (κ2) is 6.91. The van der Waals surface area contributed by atoms with Crippen molar-refractivity contribution in [2.45, 2.75) is 44.5 Å². The molecule has 0 amide bonds. The third-order valence-electron chi connectivity index (χ3n) is 3.08. The molecule has 0 aliphatic rings. The number of hydrogen-bond acceptors (Lipinski definition) is 2. The van der Waals surface area contributed by atoms with Crippen LogP contribution in [0.4, 0.5) is 13.2 Å². The molecule has 1 aromatic carbocycles. The maximum atomic E-state index is 12.6. The summed E-state index contributed by atoms with van der Waals surface area (Å²) in [6.07, 6.45) is -2.34. The lowest BCUT2D eigenvalue weighted by molar-refractivity contribution is -0.137. The average Bonchev–Trinajstić information content (AvgIpc) is 2.35. The highest BCUT2D eigenvalue weighted by atomic mass is 19.4. The van der Waals surface area contributed by atoms with Crippen LogP contribution in [0.25, 0.3) is 0 Å². The molecule has 0 saturated carbocycles. The normalized spacial score (nSPS) is 15.3. The molecule has 0 aliphatic carbocycles. The van der Waals surface area contributed by atoms with E-state index in [-0.39, 0.29) is 12.1 Å². The van der Waals surface area contributed by atoms with Gasteiger partial charge >= 0.3 is 6.18 Å². The van der Waals surface area contributed by atoms with Crippen LogP contribution in [0, 0.1) is 0 Å². The number of methoxy groups -OCH3 is 1. The van der Waals surface area contributed by atoms with Crippen LogP contribution in [0.15, 0.2) is 24.3 Å². The third-order valence-corrected chi connectivity index (χ3v) is 3.08. The van der Waals surface area contributed by atoms with Crippen molar-refractivity contribution in [2.75, 3.05) is 7.11 Å². The number of nitrogens with two attached hydrogens (primary N) is 1. The molecule has 0 spiro atoms. The minimum atomic E-state index is -4.32. The van der Waals surface area contributed by atoms with Gasteiger partial charge in [-0.15, -0.1) is 0 Å². The highest BCUT2D eigenvalue weighted by Gasteiger charge is 2.30. The van der Waals surface area contributed by atoms with Gasteiger partial charge < -0.3 is 10.5 Å². The van der Waals surface area contributed by atoms with E-state index in [0.717, 1.165) is 25.0 Å². The first-order valence-corrected chi connectivity index (χ1v) is 6.33. The largest absolute Gasteiger partial charge is 0.416 e. The summed E-state index contributed by atoms with van der Waals surface area (Å²) >= 11 is 0. The van der Waals surface area contributed by atoms with Gasteiger partial charge in [0.05, 0.1) is 11.7 Å². The van der Waals surface area contributed by atoms with Crippen LogP contribution >= 0.6 is 0 Å². The van der Waals surface area contributed by atoms with Gasteiger partial charge in [0.2, 0.25) is 0 Å². The van der Waals surface area contributed by atoms with E-state index in [4.69, 9.17) is 10.5 Å². The summed E-state index contributed by atoms with van der Waals surface area (Å²) in [5, 5.41) is 0. The van der Waals surface area contributed by atoms with Gasteiger partial charge in [-0.05, 0) is 24.5 Å². The molecule has 0 bridgehead atoms. The summed E-state index contributed by atoms with van der Waals surface area (Å²) < 4.78 is 43.1. The van der Waals surface area contributed by atoms with Gasteiger partial charge in [0, 0.05) is 13.2 Å². The van der Waals surface area contributed by atoms with Crippen molar-refractivity contribution in [3.63, 3.8) is 0 Å². The van der Waals surface area contributed by atoms with Crippen molar-refractivity contribution >= 4 is 0 Å². The SMILES string of the molecule is CCCC(OC)C(N)Cc1cccc(C(F)(F)F)c1. The van der Waals surface area contributed by atoms with Crippen LogP contribution in [0.5, 0.6) is 0 Å². The quantitative estimate of drug-likeness (QED) is 0.863. The number of ether oxygens (including phenoxy) is 1. The summed E-state index contributed by atoms with van der Waals surface area (Å²) in [6.45, 7) is 2.02. The van der Waals surface area contributed by atoms with E-state index in [9.17, 15) is 13.2 Å². The van der Waals surface area contributed by atoms with Crippen LogP contribution in [0.2, 0.25) is 0 Å². The van der Waals surface area contributed by atoms with E-state index in [1.165, 1.54) is 6.07 Å². The van der Waals surface area contributed by atoms with Crippen molar-refractivity contribution in [2.24, 2.45) is 5.73 Å². The maximum absolute atomic E-state index is 12.6. The van der Waals surface area contributed by atoms with E-state index in [2.05, 4.69) is 0 Å². The monoisotopic (exact) mass is 275 g/mol. The zero-order valence-corrected chi connectivity index (χ0v) is 11.2. The second-order valence-electron chi connectivity index (χ2n) is 4.63. The van der Waals surface area contributed by atoms with Crippen molar-refractivity contribution < 1.29 is 17.9 Å². The minimum Gasteiger partial charge on any atom is -0.380 e. The van der Waals surface area contributed by atoms with Crippen LogP contribution in [0.1, 0.15) is 30.9 Å². The highest BCUT2D eigenvalue weighted by molar-refractivity contribution is 5.26. The summed E-state index contributed by atoms with van der Waals surface area (Å²) in [5.74, 6) is 0. The molecule has 0 saturated heterocycles. The van der Waals surface area contributed by atoms with Gasteiger partial charge in [0.1, 0.15) is 0 Å². The Bertz CT molecular complexity index is 393. The Morgan fingerprint density at radius 1 is 1.32 bits per heavy atom. The van der Waals surface area contributed by atoms with Gasteiger partial charge in [-0.1, -0.05) is 31.5 Å². The molecule has 108 valence electrons. The number of halogens is 3. The van der Waals surface area contributed by atoms with E-state index in [1.54, 1.807) is 13.2 Å². The first-order chi connectivity index (χ1) is 8.88. The molecular formula is C14H20F3NO. The van der Waals surface area contributed by atoms with Gasteiger partial charge in [-0.3, -0.25) is 0 Å². The minimum absolute atomic E-state index is 0.125.